The first-order valence-electron chi connectivity index (χ1n) is 8.81. The Morgan fingerprint density at radius 3 is 2.30 bits per heavy atom. The van der Waals surface area contributed by atoms with Gasteiger partial charge in [0.25, 0.3) is 5.91 Å². The summed E-state index contributed by atoms with van der Waals surface area (Å²) in [6, 6.07) is 9.22. The number of hydrogen-bond donors (Lipinski definition) is 3. The maximum Gasteiger partial charge on any atom is 0.337 e. The van der Waals surface area contributed by atoms with Gasteiger partial charge in [0, 0.05) is 28.5 Å². The molecule has 2 heterocycles. The van der Waals surface area contributed by atoms with Gasteiger partial charge in [-0.2, -0.15) is 0 Å². The van der Waals surface area contributed by atoms with Crippen molar-refractivity contribution in [3.63, 3.8) is 0 Å². The first-order valence-corrected chi connectivity index (χ1v) is 11.6. The monoisotopic (exact) mass is 466 g/mol. The molecule has 3 amide bonds. The van der Waals surface area contributed by atoms with Gasteiger partial charge in [-0.05, 0) is 50.2 Å². The Hall–Kier alpha value is -2.82. The summed E-state index contributed by atoms with van der Waals surface area (Å²) in [5.41, 5.74) is 5.29. The molecule has 0 bridgehead atoms. The zero-order valence-corrected chi connectivity index (χ0v) is 18.4. The number of halogens is 1. The summed E-state index contributed by atoms with van der Waals surface area (Å²) >= 11 is 6.79. The Bertz CT molecular complexity index is 1150. The number of nitrogens with one attached hydrogen (secondary N) is 3. The summed E-state index contributed by atoms with van der Waals surface area (Å²) in [6.45, 7) is 3.16. The minimum atomic E-state index is -3.62. The molecule has 3 rings (SSSR count). The molecule has 0 unspecified atom stereocenters. The largest absolute Gasteiger partial charge is 0.337 e. The minimum Gasteiger partial charge on any atom is -0.321 e. The van der Waals surface area contributed by atoms with Crippen LogP contribution in [-0.2, 0) is 9.84 Å². The molecule has 0 saturated carbocycles. The van der Waals surface area contributed by atoms with E-state index >= 15 is 0 Å². The standard InChI is InChI=1S/C19H19ClN4O4S2/c1-12(2)30(27,28)15-11-29-17(16(15)24-9-3-4-10-24)18(25)22-23-19(26)21-14-7-5-13(20)6-8-14/h3-12H,1-2H3,(H,22,25)(H2,21,23,26). The Morgan fingerprint density at radius 2 is 1.70 bits per heavy atom. The van der Waals surface area contributed by atoms with Gasteiger partial charge in [0.15, 0.2) is 9.84 Å². The Kier molecular flexibility index (Phi) is 6.49. The molecule has 0 radical (unpaired) electrons. The van der Waals surface area contributed by atoms with Gasteiger partial charge in [-0.3, -0.25) is 10.2 Å². The van der Waals surface area contributed by atoms with Crippen LogP contribution in [0.3, 0.4) is 0 Å². The predicted molar refractivity (Wildman–Crippen MR) is 117 cm³/mol. The lowest BCUT2D eigenvalue weighted by Gasteiger charge is -2.12. The van der Waals surface area contributed by atoms with Crippen molar-refractivity contribution in [1.82, 2.24) is 15.4 Å². The molecule has 3 N–H and O–H groups in total. The summed E-state index contributed by atoms with van der Waals surface area (Å²) in [4.78, 5) is 25.0. The molecule has 0 aliphatic rings. The van der Waals surface area contributed by atoms with Crippen LogP contribution in [0.2, 0.25) is 5.02 Å². The molecule has 0 aliphatic carbocycles. The molecule has 11 heteroatoms. The Morgan fingerprint density at radius 1 is 1.07 bits per heavy atom. The van der Waals surface area contributed by atoms with Gasteiger partial charge < -0.3 is 9.88 Å². The normalized spacial score (nSPS) is 11.3. The number of hydrogen-bond acceptors (Lipinski definition) is 5. The number of amides is 3. The van der Waals surface area contributed by atoms with Gasteiger partial charge >= 0.3 is 6.03 Å². The number of anilines is 1. The van der Waals surface area contributed by atoms with Crippen molar-refractivity contribution < 1.29 is 18.0 Å². The fourth-order valence-electron chi connectivity index (χ4n) is 2.55. The number of sulfone groups is 1. The molecule has 0 spiro atoms. The lowest BCUT2D eigenvalue weighted by atomic mass is 10.3. The van der Waals surface area contributed by atoms with Crippen molar-refractivity contribution in [2.24, 2.45) is 0 Å². The lowest BCUT2D eigenvalue weighted by molar-refractivity contribution is 0.0942. The van der Waals surface area contributed by atoms with Crippen molar-refractivity contribution >= 4 is 50.4 Å². The van der Waals surface area contributed by atoms with Gasteiger partial charge in [0.1, 0.15) is 9.77 Å². The molecule has 2 aromatic heterocycles. The van der Waals surface area contributed by atoms with Crippen LogP contribution >= 0.6 is 22.9 Å². The summed E-state index contributed by atoms with van der Waals surface area (Å²) in [5.74, 6) is -0.639. The van der Waals surface area contributed by atoms with Crippen LogP contribution in [0.5, 0.6) is 0 Å². The van der Waals surface area contributed by atoms with Gasteiger partial charge in [0.2, 0.25) is 0 Å². The zero-order chi connectivity index (χ0) is 21.9. The summed E-state index contributed by atoms with van der Waals surface area (Å²) in [5, 5.41) is 3.85. The smallest absolute Gasteiger partial charge is 0.321 e. The van der Waals surface area contributed by atoms with E-state index in [2.05, 4.69) is 16.2 Å². The third-order valence-corrected chi connectivity index (χ3v) is 7.65. The second-order valence-electron chi connectivity index (χ2n) is 6.50. The third kappa shape index (κ3) is 4.66. The highest BCUT2D eigenvalue weighted by atomic mass is 35.5. The van der Waals surface area contributed by atoms with Crippen molar-refractivity contribution in [3.8, 4) is 5.69 Å². The van der Waals surface area contributed by atoms with Crippen LogP contribution in [0, 0.1) is 0 Å². The van der Waals surface area contributed by atoms with Gasteiger partial charge in [-0.25, -0.2) is 18.6 Å². The lowest BCUT2D eigenvalue weighted by Crippen LogP contribution is -2.43. The molecule has 158 valence electrons. The highest BCUT2D eigenvalue weighted by molar-refractivity contribution is 7.92. The maximum absolute atomic E-state index is 12.7. The van der Waals surface area contributed by atoms with Crippen LogP contribution in [0.15, 0.2) is 59.1 Å². The first kappa shape index (κ1) is 21.9. The highest BCUT2D eigenvalue weighted by Crippen LogP contribution is 2.32. The molecule has 3 aromatic rings. The van der Waals surface area contributed by atoms with E-state index in [9.17, 15) is 18.0 Å². The van der Waals surface area contributed by atoms with Crippen LogP contribution in [0.1, 0.15) is 23.5 Å². The molecular formula is C19H19ClN4O4S2. The van der Waals surface area contributed by atoms with Crippen LogP contribution < -0.4 is 16.2 Å². The molecule has 1 aromatic carbocycles. The second kappa shape index (κ2) is 8.90. The topological polar surface area (TPSA) is 109 Å². The number of thiophene rings is 1. The number of urea groups is 1. The van der Waals surface area contributed by atoms with E-state index in [1.807, 2.05) is 0 Å². The van der Waals surface area contributed by atoms with Gasteiger partial charge in [-0.1, -0.05) is 11.6 Å². The van der Waals surface area contributed by atoms with Crippen molar-refractivity contribution in [2.45, 2.75) is 24.0 Å². The third-order valence-electron chi connectivity index (χ3n) is 4.12. The molecule has 0 atom stereocenters. The summed E-state index contributed by atoms with van der Waals surface area (Å²) < 4.78 is 27.1. The number of carbonyl (C=O) groups is 2. The van der Waals surface area contributed by atoms with Crippen LogP contribution in [-0.4, -0.2) is 30.2 Å². The van der Waals surface area contributed by atoms with E-state index in [0.29, 0.717) is 10.7 Å². The molecule has 8 nitrogen and oxygen atoms in total. The van der Waals surface area contributed by atoms with E-state index in [1.54, 1.807) is 67.2 Å². The Balaban J connectivity index is 1.80. The fraction of sp³-hybridized carbons (Fsp3) is 0.158. The van der Waals surface area contributed by atoms with Crippen LogP contribution in [0.4, 0.5) is 10.5 Å². The van der Waals surface area contributed by atoms with Crippen molar-refractivity contribution in [2.75, 3.05) is 5.32 Å². The number of rotatable bonds is 5. The molecular weight excluding hydrogens is 448 g/mol. The average molecular weight is 467 g/mol. The van der Waals surface area contributed by atoms with E-state index in [0.717, 1.165) is 11.3 Å². The van der Waals surface area contributed by atoms with Crippen molar-refractivity contribution in [1.29, 1.82) is 0 Å². The van der Waals surface area contributed by atoms with Gasteiger partial charge in [0.05, 0.1) is 10.9 Å². The maximum atomic E-state index is 12.7. The molecule has 0 saturated heterocycles. The number of hydrazine groups is 1. The summed E-state index contributed by atoms with van der Waals surface area (Å²) in [7, 11) is -3.62. The van der Waals surface area contributed by atoms with E-state index in [-0.39, 0.29) is 15.5 Å². The zero-order valence-electron chi connectivity index (χ0n) is 16.0. The predicted octanol–water partition coefficient (Wildman–Crippen LogP) is 3.84. The van der Waals surface area contributed by atoms with E-state index < -0.39 is 27.0 Å². The van der Waals surface area contributed by atoms with E-state index in [1.165, 1.54) is 5.38 Å². The fourth-order valence-corrected chi connectivity index (χ4v) is 5.22. The number of benzene rings is 1. The molecule has 0 fully saturated rings. The second-order valence-corrected chi connectivity index (χ2v) is 10.3. The number of nitrogens with zero attached hydrogens (tertiary/aromatic N) is 1. The Labute approximate surface area is 182 Å². The number of aromatic nitrogens is 1. The quantitative estimate of drug-likeness (QED) is 0.496. The SMILES string of the molecule is CC(C)S(=O)(=O)c1csc(C(=O)NNC(=O)Nc2ccc(Cl)cc2)c1-n1cccc1. The highest BCUT2D eigenvalue weighted by Gasteiger charge is 2.29. The van der Waals surface area contributed by atoms with Gasteiger partial charge in [-0.15, -0.1) is 11.3 Å². The minimum absolute atomic E-state index is 0.0643. The number of carbonyl (C=O) groups excluding carboxylic acids is 2. The summed E-state index contributed by atoms with van der Waals surface area (Å²) in [6.07, 6.45) is 3.30. The van der Waals surface area contributed by atoms with Crippen molar-refractivity contribution in [3.05, 3.63) is 64.1 Å². The molecule has 30 heavy (non-hydrogen) atoms. The van der Waals surface area contributed by atoms with E-state index in [4.69, 9.17) is 11.6 Å². The average Bonchev–Trinajstić information content (AvgIpc) is 3.37. The first-order chi connectivity index (χ1) is 14.2. The van der Waals surface area contributed by atoms with Crippen LogP contribution in [0.25, 0.3) is 5.69 Å². The molecule has 0 aliphatic heterocycles.